The standard InChI is InChI=1S/C12H14O4.C10H12O3.C9H9FO2.C9H6O4.C8H8O2S.C7H5ClO2/c1-12(2,3)16-11(15)9-6-4-8(5-7-9)10(13)14;1-6-4-8(10(11)12)5-7(2)9(6)13-3;1-5-3-7(10)4-6(2)8(5)9(11)12;10-8-4-6-3-5(9(11)12)1-2-7(6)13-8;1-11-7-4-2-6(3-5-7)8(9)10;8-6-3-1-5(2-4-6)7(9)10/h4-7H,1-3H3,(H,13,14);4-5H,1-3H3,(H,11,12);3-4H,1-2H3,(H,11,12);1-3H,4H2,(H,11,12);2-5H,1H3,(H,9,10);1-4H,(H,9,10)/p-6. The number of carbonyl (C=O) groups excluding carboxylic acids is 8. The number of thioether (sulfide) groups is 1. The molecule has 1 heterocycles. The summed E-state index contributed by atoms with van der Waals surface area (Å²) in [6.07, 6.45) is 2.07. The second-order valence-corrected chi connectivity index (χ2v) is 17.9. The summed E-state index contributed by atoms with van der Waals surface area (Å²) in [5.41, 5.74) is 3.50. The van der Waals surface area contributed by atoms with E-state index in [0.717, 1.165) is 21.8 Å². The summed E-state index contributed by atoms with van der Waals surface area (Å²) < 4.78 is 27.7. The summed E-state index contributed by atoms with van der Waals surface area (Å²) in [6, 6.07) is 27.5. The number of aromatic carboxylic acids is 6. The molecule has 0 saturated carbocycles. The van der Waals surface area contributed by atoms with E-state index in [9.17, 15) is 73.4 Å². The third-order valence-corrected chi connectivity index (χ3v) is 10.6. The zero-order valence-electron chi connectivity index (χ0n) is 41.8. The molecule has 0 fully saturated rings. The van der Waals surface area contributed by atoms with E-state index in [1.54, 1.807) is 104 Å². The molecule has 20 heteroatoms. The molecule has 0 atom stereocenters. The molecule has 0 aromatic heterocycles. The van der Waals surface area contributed by atoms with Crippen molar-refractivity contribution in [1.29, 1.82) is 0 Å². The van der Waals surface area contributed by atoms with Crippen molar-refractivity contribution >= 4 is 71.1 Å². The smallest absolute Gasteiger partial charge is 0.338 e. The van der Waals surface area contributed by atoms with Gasteiger partial charge in [-0.05, 0) is 184 Å². The number of methoxy groups -OCH3 is 1. The SMILES string of the molecule is CC(C)(C)OC(=O)c1ccc(C(=O)[O-])cc1.COc1c(C)cc(C(=O)[O-])cc1C.CSc1ccc(C(=O)[O-])cc1.Cc1cc(F)cc(C)c1C(=O)[O-].O=C([O-])c1ccc(Cl)cc1.O=C1Cc2cc(C(=O)[O-])ccc2O1. The summed E-state index contributed by atoms with van der Waals surface area (Å²) in [7, 11) is 1.56. The molecule has 1 aliphatic rings. The number of hydrogen-bond acceptors (Lipinski definition) is 18. The number of carboxylic acid groups (broad SMARTS) is 6. The Balaban J connectivity index is 0.000000310. The lowest BCUT2D eigenvalue weighted by atomic mass is 10.0. The van der Waals surface area contributed by atoms with Crippen LogP contribution in [0.25, 0.3) is 0 Å². The maximum absolute atomic E-state index is 12.7. The first-order chi connectivity index (χ1) is 35.0. The number of carboxylic acids is 6. The molecule has 0 spiro atoms. The number of rotatable bonds is 9. The fraction of sp³-hybridized carbons (Fsp3) is 0.200. The normalized spacial score (nSPS) is 10.6. The second kappa shape index (κ2) is 29.2. The van der Waals surface area contributed by atoms with E-state index in [2.05, 4.69) is 0 Å². The molecule has 75 heavy (non-hydrogen) atoms. The molecule has 6 aromatic carbocycles. The third kappa shape index (κ3) is 21.2. The molecule has 7 rings (SSSR count). The Kier molecular flexibility index (Phi) is 24.4. The predicted octanol–water partition coefficient (Wildman–Crippen LogP) is 3.47. The summed E-state index contributed by atoms with van der Waals surface area (Å²) in [4.78, 5) is 85.8. The lowest BCUT2D eigenvalue weighted by Crippen LogP contribution is -2.24. The van der Waals surface area contributed by atoms with E-state index >= 15 is 0 Å². The molecular formula is C55H48ClFO17S-6. The van der Waals surface area contributed by atoms with Crippen molar-refractivity contribution in [3.05, 3.63) is 193 Å². The van der Waals surface area contributed by atoms with Crippen molar-refractivity contribution in [3.8, 4) is 11.5 Å². The van der Waals surface area contributed by atoms with E-state index in [0.29, 0.717) is 33.0 Å². The Labute approximate surface area is 440 Å². The van der Waals surface area contributed by atoms with Gasteiger partial charge in [0.2, 0.25) is 0 Å². The highest BCUT2D eigenvalue weighted by Crippen LogP contribution is 2.27. The second-order valence-electron chi connectivity index (χ2n) is 16.6. The van der Waals surface area contributed by atoms with Crippen LogP contribution in [0.1, 0.15) is 121 Å². The molecule has 0 aliphatic carbocycles. The van der Waals surface area contributed by atoms with Crippen molar-refractivity contribution in [3.63, 3.8) is 0 Å². The van der Waals surface area contributed by atoms with Gasteiger partial charge in [0, 0.05) is 21.0 Å². The zero-order chi connectivity index (χ0) is 56.9. The molecule has 17 nitrogen and oxygen atoms in total. The molecule has 0 amide bonds. The topological polar surface area (TPSA) is 303 Å². The molecule has 0 saturated heterocycles. The minimum atomic E-state index is -1.27. The molecule has 0 bridgehead atoms. The molecule has 6 aromatic rings. The summed E-state index contributed by atoms with van der Waals surface area (Å²) >= 11 is 7.08. The van der Waals surface area contributed by atoms with E-state index in [1.165, 1.54) is 78.9 Å². The Morgan fingerprint density at radius 3 is 1.35 bits per heavy atom. The average Bonchev–Trinajstić information content (AvgIpc) is 3.71. The van der Waals surface area contributed by atoms with Crippen LogP contribution in [-0.2, 0) is 16.0 Å². The highest BCUT2D eigenvalue weighted by Gasteiger charge is 2.20. The largest absolute Gasteiger partial charge is 0.545 e. The van der Waals surface area contributed by atoms with E-state index in [4.69, 9.17) is 25.8 Å². The fourth-order valence-corrected chi connectivity index (χ4v) is 6.81. The Hall–Kier alpha value is -8.55. The van der Waals surface area contributed by atoms with Gasteiger partial charge >= 0.3 is 11.9 Å². The van der Waals surface area contributed by atoms with Gasteiger partial charge in [0.25, 0.3) is 0 Å². The van der Waals surface area contributed by atoms with Gasteiger partial charge in [0.15, 0.2) is 0 Å². The van der Waals surface area contributed by atoms with Crippen LogP contribution in [0.15, 0.2) is 120 Å². The number of fused-ring (bicyclic) bond motifs is 1. The van der Waals surface area contributed by atoms with Gasteiger partial charge in [-0.1, -0.05) is 48.0 Å². The van der Waals surface area contributed by atoms with Crippen LogP contribution in [-0.4, -0.2) is 66.7 Å². The van der Waals surface area contributed by atoms with Crippen LogP contribution in [0, 0.1) is 33.5 Å². The van der Waals surface area contributed by atoms with Gasteiger partial charge in [0.05, 0.1) is 54.9 Å². The number of carbonyl (C=O) groups is 8. The van der Waals surface area contributed by atoms with Crippen LogP contribution in [0.5, 0.6) is 11.5 Å². The molecule has 1 aliphatic heterocycles. The molecule has 0 radical (unpaired) electrons. The van der Waals surface area contributed by atoms with Crippen molar-refractivity contribution in [2.75, 3.05) is 13.4 Å². The van der Waals surface area contributed by atoms with Crippen molar-refractivity contribution < 1.29 is 87.6 Å². The summed E-state index contributed by atoms with van der Waals surface area (Å²) in [6.45, 7) is 12.0. The van der Waals surface area contributed by atoms with E-state index in [1.807, 2.05) is 6.26 Å². The fourth-order valence-electron chi connectivity index (χ4n) is 6.27. The number of halogens is 2. The van der Waals surface area contributed by atoms with Gasteiger partial charge in [-0.2, -0.15) is 0 Å². The van der Waals surface area contributed by atoms with Crippen LogP contribution in [0.4, 0.5) is 4.39 Å². The summed E-state index contributed by atoms with van der Waals surface area (Å²) in [5.74, 6) is -7.33. The Bertz CT molecular complexity index is 2970. The van der Waals surface area contributed by atoms with Gasteiger partial charge < -0.3 is 73.6 Å². The maximum Gasteiger partial charge on any atom is 0.338 e. The number of aryl methyl sites for hydroxylation is 4. The Morgan fingerprint density at radius 1 is 0.560 bits per heavy atom. The lowest BCUT2D eigenvalue weighted by Gasteiger charge is -2.19. The third-order valence-electron chi connectivity index (χ3n) is 9.62. The van der Waals surface area contributed by atoms with Crippen molar-refractivity contribution in [2.45, 2.75) is 65.4 Å². The van der Waals surface area contributed by atoms with Gasteiger partial charge in [-0.3, -0.25) is 4.79 Å². The molecule has 396 valence electrons. The van der Waals surface area contributed by atoms with Gasteiger partial charge in [-0.15, -0.1) is 11.8 Å². The van der Waals surface area contributed by atoms with Gasteiger partial charge in [0.1, 0.15) is 22.9 Å². The maximum atomic E-state index is 12.7. The number of ether oxygens (including phenoxy) is 3. The first-order valence-electron chi connectivity index (χ1n) is 21.7. The lowest BCUT2D eigenvalue weighted by molar-refractivity contribution is -0.256. The highest BCUT2D eigenvalue weighted by atomic mass is 35.5. The first-order valence-corrected chi connectivity index (χ1v) is 23.3. The van der Waals surface area contributed by atoms with Crippen LogP contribution < -0.4 is 40.1 Å². The quantitative estimate of drug-likeness (QED) is 0.114. The number of esters is 2. The molecule has 0 N–H and O–H groups in total. The number of benzene rings is 6. The van der Waals surface area contributed by atoms with E-state index in [-0.39, 0.29) is 45.8 Å². The molecular weight excluding hydrogens is 1020 g/mol. The highest BCUT2D eigenvalue weighted by molar-refractivity contribution is 7.98. The van der Waals surface area contributed by atoms with Crippen LogP contribution in [0.3, 0.4) is 0 Å². The number of hydrogen-bond donors (Lipinski definition) is 0. The Morgan fingerprint density at radius 2 is 0.960 bits per heavy atom. The zero-order valence-corrected chi connectivity index (χ0v) is 43.4. The predicted molar refractivity (Wildman–Crippen MR) is 261 cm³/mol. The van der Waals surface area contributed by atoms with Crippen molar-refractivity contribution in [1.82, 2.24) is 0 Å². The van der Waals surface area contributed by atoms with Crippen molar-refractivity contribution in [2.24, 2.45) is 0 Å². The average molecular weight is 1070 g/mol. The van der Waals surface area contributed by atoms with Crippen LogP contribution >= 0.6 is 23.4 Å². The first kappa shape index (κ1) is 62.6. The van der Waals surface area contributed by atoms with E-state index < -0.39 is 53.2 Å². The molecule has 0 unspecified atom stereocenters. The minimum absolute atomic E-state index is 0.0345. The minimum Gasteiger partial charge on any atom is -0.545 e. The monoisotopic (exact) mass is 1070 g/mol. The van der Waals surface area contributed by atoms with Gasteiger partial charge in [-0.25, -0.2) is 9.18 Å². The summed E-state index contributed by atoms with van der Waals surface area (Å²) in [5, 5.41) is 63.0. The van der Waals surface area contributed by atoms with Crippen LogP contribution in [0.2, 0.25) is 5.02 Å².